The van der Waals surface area contributed by atoms with Crippen molar-refractivity contribution in [3.63, 3.8) is 0 Å². The summed E-state index contributed by atoms with van der Waals surface area (Å²) in [5.74, 6) is 0.736. The summed E-state index contributed by atoms with van der Waals surface area (Å²) >= 11 is 0. The van der Waals surface area contributed by atoms with Crippen molar-refractivity contribution in [3.8, 4) is 5.75 Å². The molecule has 3 fully saturated rings. The molecule has 2 heterocycles. The Kier molecular flexibility index (Phi) is 8.51. The summed E-state index contributed by atoms with van der Waals surface area (Å²) in [5.41, 5.74) is 2.74. The van der Waals surface area contributed by atoms with Crippen molar-refractivity contribution in [2.24, 2.45) is 5.92 Å². The highest BCUT2D eigenvalue weighted by atomic mass is 16.5. The van der Waals surface area contributed by atoms with Crippen molar-refractivity contribution in [3.05, 3.63) is 48.0 Å². The average molecular weight is 536 g/mol. The highest BCUT2D eigenvalue weighted by molar-refractivity contribution is 6.02. The molecule has 2 aromatic carbocycles. The van der Waals surface area contributed by atoms with Crippen LogP contribution in [0.15, 0.2) is 42.5 Å². The van der Waals surface area contributed by atoms with Crippen molar-refractivity contribution in [1.29, 1.82) is 0 Å². The summed E-state index contributed by atoms with van der Waals surface area (Å²) in [6.45, 7) is 4.33. The van der Waals surface area contributed by atoms with Crippen molar-refractivity contribution in [2.75, 3.05) is 75.1 Å². The summed E-state index contributed by atoms with van der Waals surface area (Å²) in [5, 5.41) is 5.98. The molecule has 5 rings (SSSR count). The largest absolute Gasteiger partial charge is 0.497 e. The molecule has 0 bridgehead atoms. The molecule has 2 aromatic rings. The standard InChI is InChI=1S/C29H37N5O5/c1-38-24-9-6-22(7-10-24)31-29(37)34-14-12-32(13-15-34)26-11-8-23(30-27(35)21-4-2-3-5-21)20-25(26)28(36)33-16-18-39-19-17-33/h6-11,20-21H,2-5,12-19H2,1H3,(H,30,35)(H,31,37). The molecule has 2 aliphatic heterocycles. The zero-order valence-electron chi connectivity index (χ0n) is 22.5. The number of methoxy groups -OCH3 is 1. The molecule has 10 nitrogen and oxygen atoms in total. The molecule has 2 N–H and O–H groups in total. The minimum absolute atomic E-state index is 0.0292. The number of carbonyl (C=O) groups is 3. The number of nitrogens with one attached hydrogen (secondary N) is 2. The average Bonchev–Trinajstić information content (AvgIpc) is 3.53. The van der Waals surface area contributed by atoms with E-state index in [1.165, 1.54) is 0 Å². The molecule has 0 spiro atoms. The van der Waals surface area contributed by atoms with Gasteiger partial charge in [-0.2, -0.15) is 0 Å². The Bertz CT molecular complexity index is 1170. The zero-order chi connectivity index (χ0) is 27.2. The van der Waals surface area contributed by atoms with E-state index in [9.17, 15) is 14.4 Å². The van der Waals surface area contributed by atoms with Crippen LogP contribution in [-0.4, -0.2) is 87.2 Å². The summed E-state index contributed by atoms with van der Waals surface area (Å²) in [6.07, 6.45) is 4.00. The van der Waals surface area contributed by atoms with Crippen LogP contribution in [0.4, 0.5) is 21.9 Å². The van der Waals surface area contributed by atoms with E-state index in [1.54, 1.807) is 24.1 Å². The van der Waals surface area contributed by atoms with E-state index < -0.39 is 0 Å². The minimum atomic E-state index is -0.158. The molecule has 2 saturated heterocycles. The van der Waals surface area contributed by atoms with Gasteiger partial charge in [-0.1, -0.05) is 12.8 Å². The van der Waals surface area contributed by atoms with Crippen LogP contribution < -0.4 is 20.3 Å². The molecule has 10 heteroatoms. The number of piperazine rings is 1. The van der Waals surface area contributed by atoms with Crippen LogP contribution in [0.25, 0.3) is 0 Å². The summed E-state index contributed by atoms with van der Waals surface area (Å²) in [6, 6.07) is 12.7. The number of morpholine rings is 1. The molecule has 3 aliphatic rings. The predicted molar refractivity (Wildman–Crippen MR) is 150 cm³/mol. The first-order valence-corrected chi connectivity index (χ1v) is 13.8. The van der Waals surface area contributed by atoms with E-state index in [1.807, 2.05) is 35.2 Å². The van der Waals surface area contributed by atoms with Gasteiger partial charge in [0.1, 0.15) is 5.75 Å². The molecule has 0 aromatic heterocycles. The second-order valence-electron chi connectivity index (χ2n) is 10.2. The first-order chi connectivity index (χ1) is 19.0. The Morgan fingerprint density at radius 2 is 1.49 bits per heavy atom. The van der Waals surface area contributed by atoms with Crippen molar-refractivity contribution in [1.82, 2.24) is 9.80 Å². The third kappa shape index (κ3) is 6.44. The van der Waals surface area contributed by atoms with Crippen molar-refractivity contribution < 1.29 is 23.9 Å². The molecule has 1 saturated carbocycles. The van der Waals surface area contributed by atoms with Gasteiger partial charge in [0.05, 0.1) is 25.9 Å². The van der Waals surface area contributed by atoms with Gasteiger partial charge in [-0.25, -0.2) is 4.79 Å². The number of rotatable bonds is 6. The number of hydrogen-bond donors (Lipinski definition) is 2. The van der Waals surface area contributed by atoms with Crippen LogP contribution in [0, 0.1) is 5.92 Å². The van der Waals surface area contributed by atoms with E-state index in [0.29, 0.717) is 69.4 Å². The van der Waals surface area contributed by atoms with Crippen LogP contribution in [0.2, 0.25) is 0 Å². The summed E-state index contributed by atoms with van der Waals surface area (Å²) in [7, 11) is 1.60. The number of benzene rings is 2. The Morgan fingerprint density at radius 3 is 2.15 bits per heavy atom. The highest BCUT2D eigenvalue weighted by Gasteiger charge is 2.28. The maximum atomic E-state index is 13.6. The van der Waals surface area contributed by atoms with Crippen molar-refractivity contribution in [2.45, 2.75) is 25.7 Å². The van der Waals surface area contributed by atoms with Gasteiger partial charge in [0.2, 0.25) is 5.91 Å². The van der Waals surface area contributed by atoms with Crippen LogP contribution in [0.3, 0.4) is 0 Å². The van der Waals surface area contributed by atoms with Crippen LogP contribution >= 0.6 is 0 Å². The zero-order valence-corrected chi connectivity index (χ0v) is 22.5. The molecule has 0 unspecified atom stereocenters. The van der Waals surface area contributed by atoms with Gasteiger partial charge in [0, 0.05) is 62.2 Å². The second kappa shape index (κ2) is 12.4. The normalized spacial score (nSPS) is 18.1. The maximum Gasteiger partial charge on any atom is 0.321 e. The van der Waals surface area contributed by atoms with E-state index >= 15 is 0 Å². The van der Waals surface area contributed by atoms with E-state index in [-0.39, 0.29) is 23.8 Å². The van der Waals surface area contributed by atoms with Gasteiger partial charge in [0.15, 0.2) is 0 Å². The number of ether oxygens (including phenoxy) is 2. The van der Waals surface area contributed by atoms with E-state index in [0.717, 1.165) is 37.1 Å². The van der Waals surface area contributed by atoms with Gasteiger partial charge in [-0.15, -0.1) is 0 Å². The molecule has 0 radical (unpaired) electrons. The molecular formula is C29H37N5O5. The minimum Gasteiger partial charge on any atom is -0.497 e. The number of amides is 4. The SMILES string of the molecule is COc1ccc(NC(=O)N2CCN(c3ccc(NC(=O)C4CCCC4)cc3C(=O)N3CCOCC3)CC2)cc1. The molecular weight excluding hydrogens is 498 g/mol. The van der Waals surface area contributed by atoms with Crippen LogP contribution in [0.1, 0.15) is 36.0 Å². The summed E-state index contributed by atoms with van der Waals surface area (Å²) in [4.78, 5) is 45.0. The monoisotopic (exact) mass is 535 g/mol. The Labute approximate surface area is 229 Å². The second-order valence-corrected chi connectivity index (χ2v) is 10.2. The molecule has 208 valence electrons. The Hall–Kier alpha value is -3.79. The lowest BCUT2D eigenvalue weighted by Gasteiger charge is -2.37. The number of hydrogen-bond acceptors (Lipinski definition) is 6. The van der Waals surface area contributed by atoms with Gasteiger partial charge in [0.25, 0.3) is 5.91 Å². The van der Waals surface area contributed by atoms with Gasteiger partial charge < -0.3 is 34.8 Å². The number of carbonyl (C=O) groups excluding carboxylic acids is 3. The lowest BCUT2D eigenvalue weighted by atomic mass is 10.1. The lowest BCUT2D eigenvalue weighted by molar-refractivity contribution is -0.119. The van der Waals surface area contributed by atoms with Crippen molar-refractivity contribution >= 4 is 34.9 Å². The molecule has 4 amide bonds. The molecule has 39 heavy (non-hydrogen) atoms. The predicted octanol–water partition coefficient (Wildman–Crippen LogP) is 3.65. The van der Waals surface area contributed by atoms with Gasteiger partial charge in [-0.3, -0.25) is 9.59 Å². The quantitative estimate of drug-likeness (QED) is 0.585. The van der Waals surface area contributed by atoms with Crippen LogP contribution in [-0.2, 0) is 9.53 Å². The van der Waals surface area contributed by atoms with Crippen LogP contribution in [0.5, 0.6) is 5.75 Å². The third-order valence-electron chi connectivity index (χ3n) is 7.77. The molecule has 1 aliphatic carbocycles. The maximum absolute atomic E-state index is 13.6. The van der Waals surface area contributed by atoms with E-state index in [2.05, 4.69) is 15.5 Å². The summed E-state index contributed by atoms with van der Waals surface area (Å²) < 4.78 is 10.6. The van der Waals surface area contributed by atoms with Gasteiger partial charge in [-0.05, 0) is 55.3 Å². The fourth-order valence-electron chi connectivity index (χ4n) is 5.46. The Morgan fingerprint density at radius 1 is 0.821 bits per heavy atom. The number of urea groups is 1. The smallest absolute Gasteiger partial charge is 0.321 e. The van der Waals surface area contributed by atoms with Gasteiger partial charge >= 0.3 is 6.03 Å². The Balaban J connectivity index is 1.28. The lowest BCUT2D eigenvalue weighted by Crippen LogP contribution is -2.50. The molecule has 0 atom stereocenters. The van der Waals surface area contributed by atoms with E-state index in [4.69, 9.17) is 9.47 Å². The topological polar surface area (TPSA) is 103 Å². The first-order valence-electron chi connectivity index (χ1n) is 13.8. The third-order valence-corrected chi connectivity index (χ3v) is 7.77. The first kappa shape index (κ1) is 26.8. The number of nitrogens with zero attached hydrogens (tertiary/aromatic N) is 3. The fraction of sp³-hybridized carbons (Fsp3) is 0.483. The fourth-order valence-corrected chi connectivity index (χ4v) is 5.46. The number of anilines is 3. The highest BCUT2D eigenvalue weighted by Crippen LogP contribution is 2.30.